The molecule has 24 heavy (non-hydrogen) atoms. The van der Waals surface area contributed by atoms with Crippen LogP contribution in [0.3, 0.4) is 0 Å². The van der Waals surface area contributed by atoms with Crippen LogP contribution in [0.25, 0.3) is 0 Å². The van der Waals surface area contributed by atoms with Crippen molar-refractivity contribution in [3.63, 3.8) is 0 Å². The zero-order chi connectivity index (χ0) is 16.8. The summed E-state index contributed by atoms with van der Waals surface area (Å²) in [5.74, 6) is 0.744. The van der Waals surface area contributed by atoms with Gasteiger partial charge in [-0.2, -0.15) is 0 Å². The van der Waals surface area contributed by atoms with Gasteiger partial charge >= 0.3 is 0 Å². The van der Waals surface area contributed by atoms with E-state index in [1.807, 2.05) is 24.3 Å². The van der Waals surface area contributed by atoms with Crippen LogP contribution in [0.5, 0.6) is 0 Å². The summed E-state index contributed by atoms with van der Waals surface area (Å²) in [4.78, 5) is 20.9. The predicted molar refractivity (Wildman–Crippen MR) is 107 cm³/mol. The van der Waals surface area contributed by atoms with E-state index >= 15 is 0 Å². The third kappa shape index (κ3) is 5.71. The number of non-ortho nitro benzene ring substituents is 1. The molecule has 0 fully saturated rings. The normalized spacial score (nSPS) is 10.9. The summed E-state index contributed by atoms with van der Waals surface area (Å²) in [7, 11) is 3.67. The number of nitrogens with one attached hydrogen (secondary N) is 1. The lowest BCUT2D eigenvalue weighted by Crippen LogP contribution is -2.38. The third-order valence-corrected chi connectivity index (χ3v) is 4.06. The van der Waals surface area contributed by atoms with Gasteiger partial charge in [-0.25, -0.2) is 4.98 Å². The number of aryl methyl sites for hydroxylation is 1. The van der Waals surface area contributed by atoms with Crippen LogP contribution in [0, 0.1) is 17.0 Å². The van der Waals surface area contributed by atoms with Gasteiger partial charge in [-0.05, 0) is 12.5 Å². The van der Waals surface area contributed by atoms with Gasteiger partial charge in [0, 0.05) is 38.2 Å². The number of thiazole rings is 1. The van der Waals surface area contributed by atoms with Crippen molar-refractivity contribution in [1.82, 2.24) is 15.2 Å². The lowest BCUT2D eigenvalue weighted by Gasteiger charge is -2.21. The molecular weight excluding hydrogens is 441 g/mol. The Labute approximate surface area is 162 Å². The molecule has 2 aromatic rings. The Hall–Kier alpha value is -1.75. The van der Waals surface area contributed by atoms with Crippen molar-refractivity contribution in [3.05, 3.63) is 56.0 Å². The van der Waals surface area contributed by atoms with Crippen molar-refractivity contribution in [1.29, 1.82) is 0 Å². The first-order chi connectivity index (χ1) is 11.0. The summed E-state index contributed by atoms with van der Waals surface area (Å²) in [6.07, 6.45) is 0. The first-order valence-electron chi connectivity index (χ1n) is 7.05. The van der Waals surface area contributed by atoms with Crippen LogP contribution in [-0.4, -0.2) is 34.9 Å². The standard InChI is InChI=1S/C15H19N5O2S.HI/c1-11-18-13(10-23-11)9-19(3)15(16-2)17-8-12-4-6-14(7-5-12)20(21)22;/h4-7,10H,8-9H2,1-3H3,(H,16,17);1H. The number of aliphatic imine (C=N–C) groups is 1. The van der Waals surface area contributed by atoms with Crippen molar-refractivity contribution in [2.24, 2.45) is 4.99 Å². The van der Waals surface area contributed by atoms with Crippen molar-refractivity contribution in [3.8, 4) is 0 Å². The average molecular weight is 461 g/mol. The highest BCUT2D eigenvalue weighted by molar-refractivity contribution is 14.0. The second kappa shape index (κ2) is 9.52. The number of hydrogen-bond donors (Lipinski definition) is 1. The lowest BCUT2D eigenvalue weighted by atomic mass is 10.2. The van der Waals surface area contributed by atoms with Gasteiger partial charge in [0.2, 0.25) is 0 Å². The minimum Gasteiger partial charge on any atom is -0.352 e. The summed E-state index contributed by atoms with van der Waals surface area (Å²) < 4.78 is 0. The highest BCUT2D eigenvalue weighted by atomic mass is 127. The molecule has 0 atom stereocenters. The number of guanidine groups is 1. The van der Waals surface area contributed by atoms with Crippen LogP contribution >= 0.6 is 35.3 Å². The van der Waals surface area contributed by atoms with E-state index in [-0.39, 0.29) is 29.7 Å². The summed E-state index contributed by atoms with van der Waals surface area (Å²) >= 11 is 1.63. The third-order valence-electron chi connectivity index (χ3n) is 3.24. The maximum absolute atomic E-state index is 10.6. The fourth-order valence-electron chi connectivity index (χ4n) is 2.10. The molecule has 9 heteroatoms. The van der Waals surface area contributed by atoms with Gasteiger partial charge in [0.25, 0.3) is 5.69 Å². The van der Waals surface area contributed by atoms with Crippen LogP contribution in [-0.2, 0) is 13.1 Å². The largest absolute Gasteiger partial charge is 0.352 e. The molecular formula is C15H20IN5O2S. The van der Waals surface area contributed by atoms with Gasteiger partial charge < -0.3 is 10.2 Å². The minimum atomic E-state index is -0.403. The molecule has 0 unspecified atom stereocenters. The molecule has 0 saturated carbocycles. The second-order valence-electron chi connectivity index (χ2n) is 5.04. The molecule has 1 aromatic heterocycles. The minimum absolute atomic E-state index is 0. The van der Waals surface area contributed by atoms with E-state index in [2.05, 4.69) is 15.3 Å². The number of nitrogens with zero attached hydrogens (tertiary/aromatic N) is 4. The summed E-state index contributed by atoms with van der Waals surface area (Å²) in [5, 5.41) is 17.0. The monoisotopic (exact) mass is 461 g/mol. The Morgan fingerprint density at radius 2 is 2.08 bits per heavy atom. The number of nitro benzene ring substituents is 1. The number of hydrogen-bond acceptors (Lipinski definition) is 5. The zero-order valence-corrected chi connectivity index (χ0v) is 16.9. The Kier molecular flexibility index (Phi) is 8.05. The average Bonchev–Trinajstić information content (AvgIpc) is 2.93. The quantitative estimate of drug-likeness (QED) is 0.243. The Morgan fingerprint density at radius 3 is 2.58 bits per heavy atom. The molecule has 1 heterocycles. The molecule has 0 spiro atoms. The first-order valence-corrected chi connectivity index (χ1v) is 7.93. The van der Waals surface area contributed by atoms with E-state index in [9.17, 15) is 10.1 Å². The van der Waals surface area contributed by atoms with Gasteiger partial charge in [-0.1, -0.05) is 12.1 Å². The number of nitro groups is 1. The lowest BCUT2D eigenvalue weighted by molar-refractivity contribution is -0.384. The maximum Gasteiger partial charge on any atom is 0.269 e. The van der Waals surface area contributed by atoms with Crippen molar-refractivity contribution < 1.29 is 4.92 Å². The molecule has 0 bridgehead atoms. The smallest absolute Gasteiger partial charge is 0.269 e. The fourth-order valence-corrected chi connectivity index (χ4v) is 2.70. The number of halogens is 1. The van der Waals surface area contributed by atoms with Gasteiger partial charge in [-0.15, -0.1) is 35.3 Å². The molecule has 0 aliphatic carbocycles. The van der Waals surface area contributed by atoms with Crippen molar-refractivity contribution >= 4 is 47.0 Å². The van der Waals surface area contributed by atoms with Gasteiger partial charge in [0.05, 0.1) is 22.2 Å². The van der Waals surface area contributed by atoms with E-state index in [4.69, 9.17) is 0 Å². The molecule has 0 radical (unpaired) electrons. The van der Waals surface area contributed by atoms with Gasteiger partial charge in [0.15, 0.2) is 5.96 Å². The molecule has 130 valence electrons. The molecule has 0 amide bonds. The Bertz CT molecular complexity index is 702. The highest BCUT2D eigenvalue weighted by Crippen LogP contribution is 2.12. The SMILES string of the molecule is CN=C(NCc1ccc([N+](=O)[O-])cc1)N(C)Cc1csc(C)n1.I. The van der Waals surface area contributed by atoms with Crippen LogP contribution < -0.4 is 5.32 Å². The Morgan fingerprint density at radius 1 is 1.42 bits per heavy atom. The van der Waals surface area contributed by atoms with E-state index < -0.39 is 4.92 Å². The maximum atomic E-state index is 10.6. The number of rotatable bonds is 5. The molecule has 1 N–H and O–H groups in total. The predicted octanol–water partition coefficient (Wildman–Crippen LogP) is 3.19. The van der Waals surface area contributed by atoms with Crippen LogP contribution in [0.2, 0.25) is 0 Å². The van der Waals surface area contributed by atoms with E-state index in [0.717, 1.165) is 22.2 Å². The first kappa shape index (κ1) is 20.3. The van der Waals surface area contributed by atoms with Crippen LogP contribution in [0.4, 0.5) is 5.69 Å². The molecule has 1 aromatic carbocycles. The van der Waals surface area contributed by atoms with Crippen molar-refractivity contribution in [2.45, 2.75) is 20.0 Å². The van der Waals surface area contributed by atoms with Gasteiger partial charge in [-0.3, -0.25) is 15.1 Å². The highest BCUT2D eigenvalue weighted by Gasteiger charge is 2.09. The second-order valence-corrected chi connectivity index (χ2v) is 6.10. The fraction of sp³-hybridized carbons (Fsp3) is 0.333. The molecule has 0 aliphatic rings. The topological polar surface area (TPSA) is 83.7 Å². The molecule has 0 aliphatic heterocycles. The molecule has 2 rings (SSSR count). The van der Waals surface area contributed by atoms with E-state index in [1.165, 1.54) is 12.1 Å². The molecule has 7 nitrogen and oxygen atoms in total. The van der Waals surface area contributed by atoms with E-state index in [0.29, 0.717) is 13.1 Å². The van der Waals surface area contributed by atoms with Crippen LogP contribution in [0.1, 0.15) is 16.3 Å². The van der Waals surface area contributed by atoms with Crippen molar-refractivity contribution in [2.75, 3.05) is 14.1 Å². The number of benzene rings is 1. The summed E-state index contributed by atoms with van der Waals surface area (Å²) in [6, 6.07) is 6.48. The van der Waals surface area contributed by atoms with Gasteiger partial charge in [0.1, 0.15) is 0 Å². The summed E-state index contributed by atoms with van der Waals surface area (Å²) in [5.41, 5.74) is 2.05. The summed E-state index contributed by atoms with van der Waals surface area (Å²) in [6.45, 7) is 3.20. The zero-order valence-electron chi connectivity index (χ0n) is 13.7. The van der Waals surface area contributed by atoms with E-state index in [1.54, 1.807) is 30.5 Å². The van der Waals surface area contributed by atoms with Crippen LogP contribution in [0.15, 0.2) is 34.6 Å². The Balaban J connectivity index is 0.00000288. The number of aromatic nitrogens is 1. The molecule has 0 saturated heterocycles.